The molecule has 0 bridgehead atoms. The van der Waals surface area contributed by atoms with Gasteiger partial charge in [-0.15, -0.1) is 0 Å². The number of hydrogen-bond acceptors (Lipinski definition) is 4. The number of rotatable bonds is 4. The topological polar surface area (TPSA) is 47.0 Å². The Morgan fingerprint density at radius 3 is 2.44 bits per heavy atom. The highest BCUT2D eigenvalue weighted by Gasteiger charge is 2.35. The van der Waals surface area contributed by atoms with E-state index in [1.54, 1.807) is 13.8 Å². The van der Waals surface area contributed by atoms with Gasteiger partial charge in [0.25, 0.3) is 0 Å². The zero-order valence-electron chi connectivity index (χ0n) is 10.1. The molecule has 0 saturated heterocycles. The van der Waals surface area contributed by atoms with Crippen LogP contribution < -0.4 is 5.32 Å². The van der Waals surface area contributed by atoms with Crippen molar-refractivity contribution in [3.63, 3.8) is 0 Å². The molecule has 0 aliphatic heterocycles. The Morgan fingerprint density at radius 2 is 1.94 bits per heavy atom. The summed E-state index contributed by atoms with van der Waals surface area (Å²) in [6.45, 7) is 3.86. The molecule has 18 heavy (non-hydrogen) atoms. The third-order valence-electron chi connectivity index (χ3n) is 2.20. The van der Waals surface area contributed by atoms with Crippen molar-refractivity contribution >= 4 is 17.4 Å². The highest BCUT2D eigenvalue weighted by molar-refractivity contribution is 6.29. The quantitative estimate of drug-likeness (QED) is 0.863. The highest BCUT2D eigenvalue weighted by Crippen LogP contribution is 2.28. The number of nitrogens with zero attached hydrogens (tertiary/aromatic N) is 2. The number of methoxy groups -OCH3 is 1. The summed E-state index contributed by atoms with van der Waals surface area (Å²) in [5.41, 5.74) is -0.532. The molecule has 0 fully saturated rings. The molecule has 4 nitrogen and oxygen atoms in total. The SMILES string of the molecule is COC(C)(C)CNc1cc(Cl)nc(C(F)(F)F)n1. The van der Waals surface area contributed by atoms with Crippen molar-refractivity contribution in [1.29, 1.82) is 0 Å². The summed E-state index contributed by atoms with van der Waals surface area (Å²) in [5.74, 6) is -1.26. The van der Waals surface area contributed by atoms with E-state index >= 15 is 0 Å². The molecule has 8 heteroatoms. The van der Waals surface area contributed by atoms with Crippen LogP contribution in [0.3, 0.4) is 0 Å². The maximum Gasteiger partial charge on any atom is 0.451 e. The molecule has 1 rings (SSSR count). The van der Waals surface area contributed by atoms with Crippen LogP contribution >= 0.6 is 11.6 Å². The van der Waals surface area contributed by atoms with E-state index < -0.39 is 17.6 Å². The summed E-state index contributed by atoms with van der Waals surface area (Å²) in [7, 11) is 1.51. The van der Waals surface area contributed by atoms with E-state index in [-0.39, 0.29) is 17.5 Å². The fraction of sp³-hybridized carbons (Fsp3) is 0.600. The molecule has 0 saturated carbocycles. The van der Waals surface area contributed by atoms with Gasteiger partial charge in [-0.1, -0.05) is 11.6 Å². The standard InChI is InChI=1S/C10H13ClF3N3O/c1-9(2,18-3)5-15-7-4-6(11)16-8(17-7)10(12,13)14/h4H,5H2,1-3H3,(H,15,16,17). The average Bonchev–Trinajstić information content (AvgIpc) is 2.25. The molecule has 1 N–H and O–H groups in total. The molecule has 1 aromatic heterocycles. The smallest absolute Gasteiger partial charge is 0.377 e. The van der Waals surface area contributed by atoms with Crippen LogP contribution in [0.25, 0.3) is 0 Å². The number of alkyl halides is 3. The minimum Gasteiger partial charge on any atom is -0.377 e. The minimum atomic E-state index is -4.63. The van der Waals surface area contributed by atoms with Gasteiger partial charge in [0.05, 0.1) is 5.60 Å². The van der Waals surface area contributed by atoms with Gasteiger partial charge >= 0.3 is 6.18 Å². The van der Waals surface area contributed by atoms with E-state index in [0.717, 1.165) is 0 Å². The molecule has 0 aromatic carbocycles. The Hall–Kier alpha value is -1.08. The van der Waals surface area contributed by atoms with Gasteiger partial charge in [0.15, 0.2) is 0 Å². The number of anilines is 1. The molecular formula is C10H13ClF3N3O. The first-order chi connectivity index (χ1) is 8.14. The fourth-order valence-electron chi connectivity index (χ4n) is 1.01. The molecule has 0 spiro atoms. The van der Waals surface area contributed by atoms with Gasteiger partial charge in [0, 0.05) is 19.7 Å². The second-order valence-electron chi connectivity index (χ2n) is 4.21. The highest BCUT2D eigenvalue weighted by atomic mass is 35.5. The fourth-order valence-corrected chi connectivity index (χ4v) is 1.19. The third kappa shape index (κ3) is 4.30. The van der Waals surface area contributed by atoms with Crippen molar-refractivity contribution in [2.45, 2.75) is 25.6 Å². The Labute approximate surface area is 108 Å². The zero-order valence-corrected chi connectivity index (χ0v) is 10.9. The van der Waals surface area contributed by atoms with Gasteiger partial charge in [-0.2, -0.15) is 13.2 Å². The lowest BCUT2D eigenvalue weighted by atomic mass is 10.1. The summed E-state index contributed by atoms with van der Waals surface area (Å²) in [6, 6.07) is 1.22. The first-order valence-corrected chi connectivity index (χ1v) is 5.43. The van der Waals surface area contributed by atoms with Crippen molar-refractivity contribution in [3.05, 3.63) is 17.0 Å². The number of ether oxygens (including phenoxy) is 1. The lowest BCUT2D eigenvalue weighted by Gasteiger charge is -2.23. The minimum absolute atomic E-state index is 0.00690. The van der Waals surface area contributed by atoms with E-state index in [2.05, 4.69) is 15.3 Å². The van der Waals surface area contributed by atoms with Gasteiger partial charge in [0.1, 0.15) is 11.0 Å². The largest absolute Gasteiger partial charge is 0.451 e. The van der Waals surface area contributed by atoms with Crippen molar-refractivity contribution < 1.29 is 17.9 Å². The lowest BCUT2D eigenvalue weighted by molar-refractivity contribution is -0.144. The number of halogens is 4. The molecule has 0 unspecified atom stereocenters. The lowest BCUT2D eigenvalue weighted by Crippen LogP contribution is -2.32. The maximum atomic E-state index is 12.5. The van der Waals surface area contributed by atoms with Gasteiger partial charge in [0.2, 0.25) is 5.82 Å². The Kier molecular flexibility index (Phi) is 4.39. The predicted octanol–water partition coefficient (Wildman–Crippen LogP) is 2.99. The van der Waals surface area contributed by atoms with Crippen LogP contribution in [0, 0.1) is 0 Å². The molecule has 0 radical (unpaired) electrons. The second kappa shape index (κ2) is 5.27. The summed E-state index contributed by atoms with van der Waals surface area (Å²) in [6.07, 6.45) is -4.63. The number of nitrogens with one attached hydrogen (secondary N) is 1. The van der Waals surface area contributed by atoms with E-state index in [1.807, 2.05) is 0 Å². The van der Waals surface area contributed by atoms with Crippen LogP contribution in [0.1, 0.15) is 19.7 Å². The number of hydrogen-bond donors (Lipinski definition) is 1. The van der Waals surface area contributed by atoms with E-state index in [9.17, 15) is 13.2 Å². The van der Waals surface area contributed by atoms with E-state index in [4.69, 9.17) is 16.3 Å². The predicted molar refractivity (Wildman–Crippen MR) is 61.6 cm³/mol. The monoisotopic (exact) mass is 283 g/mol. The Bertz CT molecular complexity index is 423. The van der Waals surface area contributed by atoms with E-state index in [1.165, 1.54) is 13.2 Å². The Balaban J connectivity index is 2.88. The first-order valence-electron chi connectivity index (χ1n) is 5.05. The summed E-state index contributed by atoms with van der Waals surface area (Å²) < 4.78 is 42.5. The average molecular weight is 284 g/mol. The van der Waals surface area contributed by atoms with Gasteiger partial charge < -0.3 is 10.1 Å². The molecule has 0 amide bonds. The molecule has 102 valence electrons. The van der Waals surface area contributed by atoms with Crippen LogP contribution in [0.15, 0.2) is 6.07 Å². The van der Waals surface area contributed by atoms with Gasteiger partial charge in [-0.05, 0) is 13.8 Å². The third-order valence-corrected chi connectivity index (χ3v) is 2.39. The summed E-state index contributed by atoms with van der Waals surface area (Å²) >= 11 is 5.52. The van der Waals surface area contributed by atoms with Crippen LogP contribution in [0.5, 0.6) is 0 Å². The van der Waals surface area contributed by atoms with Crippen molar-refractivity contribution in [3.8, 4) is 0 Å². The van der Waals surface area contributed by atoms with E-state index in [0.29, 0.717) is 0 Å². The van der Waals surface area contributed by atoms with Gasteiger partial charge in [-0.25, -0.2) is 9.97 Å². The molecule has 0 atom stereocenters. The normalized spacial score (nSPS) is 12.6. The van der Waals surface area contributed by atoms with Crippen LogP contribution in [0.4, 0.5) is 19.0 Å². The van der Waals surface area contributed by atoms with Crippen LogP contribution in [-0.4, -0.2) is 29.2 Å². The number of aromatic nitrogens is 2. The first kappa shape index (κ1) is 15.0. The molecule has 0 aliphatic carbocycles. The molecule has 1 aromatic rings. The van der Waals surface area contributed by atoms with Crippen LogP contribution in [-0.2, 0) is 10.9 Å². The Morgan fingerprint density at radius 1 is 1.33 bits per heavy atom. The van der Waals surface area contributed by atoms with Crippen molar-refractivity contribution in [2.75, 3.05) is 19.0 Å². The second-order valence-corrected chi connectivity index (χ2v) is 4.60. The molecule has 0 aliphatic rings. The molecule has 1 heterocycles. The summed E-state index contributed by atoms with van der Waals surface area (Å²) in [5, 5.41) is 2.46. The van der Waals surface area contributed by atoms with Gasteiger partial charge in [-0.3, -0.25) is 0 Å². The summed E-state index contributed by atoms with van der Waals surface area (Å²) in [4.78, 5) is 6.48. The van der Waals surface area contributed by atoms with Crippen molar-refractivity contribution in [1.82, 2.24) is 9.97 Å². The zero-order chi connectivity index (χ0) is 14.0. The van der Waals surface area contributed by atoms with Crippen molar-refractivity contribution in [2.24, 2.45) is 0 Å². The maximum absolute atomic E-state index is 12.5. The van der Waals surface area contributed by atoms with Crippen LogP contribution in [0.2, 0.25) is 5.15 Å². The molecular weight excluding hydrogens is 271 g/mol.